The first-order chi connectivity index (χ1) is 30.8. The average molecular weight is 789 g/mol. The van der Waals surface area contributed by atoms with Gasteiger partial charge in [0, 0.05) is 33.2 Å². The van der Waals surface area contributed by atoms with E-state index in [0.717, 1.165) is 39.4 Å². The number of rotatable bonds is 7. The van der Waals surface area contributed by atoms with Gasteiger partial charge in [0.25, 0.3) is 0 Å². The van der Waals surface area contributed by atoms with Crippen LogP contribution in [0.1, 0.15) is 0 Å². The number of para-hydroxylation sites is 2. The Morgan fingerprint density at radius 2 is 0.806 bits per heavy atom. The van der Waals surface area contributed by atoms with Gasteiger partial charge in [-0.05, 0) is 121 Å². The van der Waals surface area contributed by atoms with Crippen molar-refractivity contribution in [1.82, 2.24) is 4.57 Å². The van der Waals surface area contributed by atoms with Crippen molar-refractivity contribution in [2.24, 2.45) is 0 Å². The molecule has 0 saturated carbocycles. The molecule has 1 aromatic heterocycles. The van der Waals surface area contributed by atoms with Gasteiger partial charge in [0.1, 0.15) is 0 Å². The first-order valence-electron chi connectivity index (χ1n) is 21.3. The molecule has 0 fully saturated rings. The highest BCUT2D eigenvalue weighted by atomic mass is 15.1. The van der Waals surface area contributed by atoms with Gasteiger partial charge in [-0.15, -0.1) is 0 Å². The molecule has 0 aliphatic heterocycles. The molecule has 0 saturated heterocycles. The van der Waals surface area contributed by atoms with Crippen LogP contribution in [0.2, 0.25) is 0 Å². The van der Waals surface area contributed by atoms with Gasteiger partial charge in [-0.2, -0.15) is 0 Å². The summed E-state index contributed by atoms with van der Waals surface area (Å²) in [6.45, 7) is 0. The fourth-order valence-corrected chi connectivity index (χ4v) is 9.73. The lowest BCUT2D eigenvalue weighted by atomic mass is 9.92. The highest BCUT2D eigenvalue weighted by Crippen LogP contribution is 2.47. The van der Waals surface area contributed by atoms with Gasteiger partial charge in [-0.3, -0.25) is 0 Å². The van der Waals surface area contributed by atoms with Gasteiger partial charge < -0.3 is 9.47 Å². The van der Waals surface area contributed by atoms with Crippen molar-refractivity contribution >= 4 is 71.2 Å². The Morgan fingerprint density at radius 3 is 1.50 bits per heavy atom. The Balaban J connectivity index is 1.18. The van der Waals surface area contributed by atoms with Gasteiger partial charge >= 0.3 is 0 Å². The van der Waals surface area contributed by atoms with Crippen LogP contribution < -0.4 is 4.90 Å². The first-order valence-corrected chi connectivity index (χ1v) is 21.3. The maximum atomic E-state index is 2.49. The van der Waals surface area contributed by atoms with Gasteiger partial charge in [0.2, 0.25) is 0 Å². The lowest BCUT2D eigenvalue weighted by Gasteiger charge is -2.29. The van der Waals surface area contributed by atoms with Gasteiger partial charge in [0.15, 0.2) is 0 Å². The molecule has 0 aliphatic rings. The Kier molecular flexibility index (Phi) is 8.53. The highest BCUT2D eigenvalue weighted by Gasteiger charge is 2.23. The van der Waals surface area contributed by atoms with Crippen LogP contribution in [0.3, 0.4) is 0 Å². The minimum atomic E-state index is 1.08. The van der Waals surface area contributed by atoms with Crippen LogP contribution in [-0.2, 0) is 0 Å². The van der Waals surface area contributed by atoms with E-state index in [2.05, 4.69) is 252 Å². The van der Waals surface area contributed by atoms with E-state index in [9.17, 15) is 0 Å². The van der Waals surface area contributed by atoms with Gasteiger partial charge in [-0.25, -0.2) is 0 Å². The van der Waals surface area contributed by atoms with Crippen molar-refractivity contribution in [2.45, 2.75) is 0 Å². The van der Waals surface area contributed by atoms with Crippen LogP contribution in [0.5, 0.6) is 0 Å². The van der Waals surface area contributed by atoms with Crippen LogP contribution in [0, 0.1) is 0 Å². The molecule has 0 radical (unpaired) electrons. The molecule has 11 aromatic carbocycles. The first kappa shape index (κ1) is 35.7. The molecule has 62 heavy (non-hydrogen) atoms. The highest BCUT2D eigenvalue weighted by molar-refractivity contribution is 6.23. The van der Waals surface area contributed by atoms with E-state index >= 15 is 0 Å². The monoisotopic (exact) mass is 788 g/mol. The van der Waals surface area contributed by atoms with Crippen molar-refractivity contribution in [2.75, 3.05) is 4.90 Å². The minimum Gasteiger partial charge on any atom is -0.310 e. The normalized spacial score (nSPS) is 11.5. The Labute approximate surface area is 360 Å². The molecule has 0 bridgehead atoms. The van der Waals surface area contributed by atoms with Crippen LogP contribution in [0.25, 0.3) is 93.2 Å². The lowest BCUT2D eigenvalue weighted by molar-refractivity contribution is 1.18. The van der Waals surface area contributed by atoms with E-state index in [0.29, 0.717) is 0 Å². The quantitative estimate of drug-likeness (QED) is 0.146. The molecule has 12 rings (SSSR count). The smallest absolute Gasteiger partial charge is 0.0553 e. The van der Waals surface area contributed by atoms with E-state index in [4.69, 9.17) is 0 Å². The third kappa shape index (κ3) is 5.96. The maximum Gasteiger partial charge on any atom is 0.0553 e. The SMILES string of the molecule is c1ccc(-c2cc(-c3ccccc3)cc(N(c3cccc(-c4c5ccccc5cc5c4c4ccccc4n5-c4ccccc4)c3)c3cc4ccccc4c4ccccc34)c2)cc1. The molecule has 0 spiro atoms. The lowest BCUT2D eigenvalue weighted by Crippen LogP contribution is -2.11. The maximum absolute atomic E-state index is 2.49. The van der Waals surface area contributed by atoms with E-state index in [1.807, 2.05) is 0 Å². The molecule has 0 amide bonds. The summed E-state index contributed by atoms with van der Waals surface area (Å²) in [6, 6.07) is 88.7. The molecule has 2 heteroatoms. The van der Waals surface area contributed by atoms with Crippen molar-refractivity contribution in [3.8, 4) is 39.1 Å². The van der Waals surface area contributed by atoms with Crippen LogP contribution >= 0.6 is 0 Å². The van der Waals surface area contributed by atoms with E-state index in [1.54, 1.807) is 0 Å². The van der Waals surface area contributed by atoms with E-state index in [-0.39, 0.29) is 0 Å². The van der Waals surface area contributed by atoms with E-state index in [1.165, 1.54) is 70.8 Å². The topological polar surface area (TPSA) is 8.17 Å². The minimum absolute atomic E-state index is 1.08. The molecule has 0 N–H and O–H groups in total. The molecule has 12 aromatic rings. The zero-order valence-electron chi connectivity index (χ0n) is 34.0. The summed E-state index contributed by atoms with van der Waals surface area (Å²) in [4.78, 5) is 2.49. The molecule has 0 atom stereocenters. The largest absolute Gasteiger partial charge is 0.310 e. The van der Waals surface area contributed by atoms with Crippen molar-refractivity contribution < 1.29 is 0 Å². The standard InChI is InChI=1S/C60H40N2/c1-4-19-41(20-5-1)46-35-47(42-21-6-2-7-22-42)38-50(37-46)61(57-39-43-23-10-12-29-51(43)53-31-14-15-32-54(53)57)49-28-18-25-45(36-49)59-52-30-13-11-24-44(52)40-58-60(59)55-33-16-17-34-56(55)62(58)48-26-8-3-9-27-48/h1-40H. The second-order valence-electron chi connectivity index (χ2n) is 16.1. The Morgan fingerprint density at radius 1 is 0.290 bits per heavy atom. The fourth-order valence-electron chi connectivity index (χ4n) is 9.73. The van der Waals surface area contributed by atoms with Gasteiger partial charge in [-0.1, -0.05) is 182 Å². The molecule has 1 heterocycles. The van der Waals surface area contributed by atoms with Crippen LogP contribution in [0.15, 0.2) is 243 Å². The van der Waals surface area contributed by atoms with Crippen molar-refractivity contribution in [1.29, 1.82) is 0 Å². The van der Waals surface area contributed by atoms with Crippen molar-refractivity contribution in [3.63, 3.8) is 0 Å². The predicted octanol–water partition coefficient (Wildman–Crippen LogP) is 16.7. The third-order valence-corrected chi connectivity index (χ3v) is 12.5. The number of aromatic nitrogens is 1. The second-order valence-corrected chi connectivity index (χ2v) is 16.1. The number of anilines is 3. The number of hydrogen-bond acceptors (Lipinski definition) is 1. The third-order valence-electron chi connectivity index (χ3n) is 12.5. The molecular formula is C60H40N2. The molecule has 290 valence electrons. The molecule has 0 unspecified atom stereocenters. The van der Waals surface area contributed by atoms with Crippen LogP contribution in [0.4, 0.5) is 17.1 Å². The molecule has 2 nitrogen and oxygen atoms in total. The summed E-state index contributed by atoms with van der Waals surface area (Å²) in [6.07, 6.45) is 0. The summed E-state index contributed by atoms with van der Waals surface area (Å²) < 4.78 is 2.43. The zero-order chi connectivity index (χ0) is 41.0. The van der Waals surface area contributed by atoms with Crippen LogP contribution in [-0.4, -0.2) is 4.57 Å². The molecule has 0 aliphatic carbocycles. The average Bonchev–Trinajstić information content (AvgIpc) is 3.68. The molecular weight excluding hydrogens is 749 g/mol. The number of fused-ring (bicyclic) bond motifs is 7. The summed E-state index contributed by atoms with van der Waals surface area (Å²) >= 11 is 0. The zero-order valence-corrected chi connectivity index (χ0v) is 34.0. The second kappa shape index (κ2) is 14.8. The summed E-state index contributed by atoms with van der Waals surface area (Å²) in [7, 11) is 0. The van der Waals surface area contributed by atoms with Crippen molar-refractivity contribution in [3.05, 3.63) is 243 Å². The fraction of sp³-hybridized carbons (Fsp3) is 0. The Hall–Kier alpha value is -8.20. The van der Waals surface area contributed by atoms with Gasteiger partial charge in [0.05, 0.1) is 16.7 Å². The number of benzene rings is 11. The predicted molar refractivity (Wildman–Crippen MR) is 264 cm³/mol. The number of nitrogens with zero attached hydrogens (tertiary/aromatic N) is 2. The summed E-state index contributed by atoms with van der Waals surface area (Å²) in [5, 5.41) is 9.80. The van der Waals surface area contributed by atoms with E-state index < -0.39 is 0 Å². The summed E-state index contributed by atoms with van der Waals surface area (Å²) in [5.41, 5.74) is 13.9. The Bertz CT molecular complexity index is 3570. The number of hydrogen-bond donors (Lipinski definition) is 0. The summed E-state index contributed by atoms with van der Waals surface area (Å²) in [5.74, 6) is 0.